The van der Waals surface area contributed by atoms with Gasteiger partial charge in [0, 0.05) is 6.07 Å². The zero-order valence-corrected chi connectivity index (χ0v) is 16.5. The molecule has 6 nitrogen and oxygen atoms in total. The maximum Gasteiger partial charge on any atom is 0.374 e. The molecular formula is C25H19NO5. The van der Waals surface area contributed by atoms with Crippen LogP contribution >= 0.6 is 0 Å². The zero-order valence-electron chi connectivity index (χ0n) is 16.5. The molecule has 1 amide bonds. The number of hydrogen-bond donors (Lipinski definition) is 1. The van der Waals surface area contributed by atoms with E-state index in [4.69, 9.17) is 9.15 Å². The normalized spacial score (nSPS) is 10.7. The quantitative estimate of drug-likeness (QED) is 0.485. The first-order valence-corrected chi connectivity index (χ1v) is 9.71. The Morgan fingerprint density at radius 1 is 0.839 bits per heavy atom. The van der Waals surface area contributed by atoms with Crippen LogP contribution in [-0.2, 0) is 9.53 Å². The molecule has 31 heavy (non-hydrogen) atoms. The molecule has 0 aliphatic carbocycles. The van der Waals surface area contributed by atoms with Crippen LogP contribution in [0.15, 0.2) is 100 Å². The minimum atomic E-state index is -0.881. The van der Waals surface area contributed by atoms with E-state index in [1.165, 1.54) is 0 Å². The van der Waals surface area contributed by atoms with Crippen molar-refractivity contribution in [1.29, 1.82) is 0 Å². The maximum atomic E-state index is 12.5. The first-order valence-electron chi connectivity index (χ1n) is 9.71. The van der Waals surface area contributed by atoms with Gasteiger partial charge in [0.05, 0.1) is 11.4 Å². The van der Waals surface area contributed by atoms with Crippen molar-refractivity contribution in [3.63, 3.8) is 0 Å². The van der Waals surface area contributed by atoms with Gasteiger partial charge in [-0.05, 0) is 23.3 Å². The highest BCUT2D eigenvalue weighted by molar-refractivity contribution is 5.90. The maximum absolute atomic E-state index is 12.5. The number of amides is 1. The monoisotopic (exact) mass is 413 g/mol. The lowest BCUT2D eigenvalue weighted by Gasteiger charge is -2.19. The van der Waals surface area contributed by atoms with E-state index in [2.05, 4.69) is 5.32 Å². The van der Waals surface area contributed by atoms with Gasteiger partial charge >= 0.3 is 5.97 Å². The number of fused-ring (bicyclic) bond motifs is 1. The molecule has 0 saturated heterocycles. The Labute approximate surface area is 178 Å². The second-order valence-electron chi connectivity index (χ2n) is 6.87. The summed E-state index contributed by atoms with van der Waals surface area (Å²) in [5.74, 6) is -1.61. The highest BCUT2D eigenvalue weighted by atomic mass is 16.5. The fraction of sp³-hybridized carbons (Fsp3) is 0.0800. The van der Waals surface area contributed by atoms with E-state index in [1.54, 1.807) is 24.3 Å². The number of esters is 1. The van der Waals surface area contributed by atoms with Crippen LogP contribution in [0.4, 0.5) is 0 Å². The third-order valence-electron chi connectivity index (χ3n) is 4.74. The van der Waals surface area contributed by atoms with E-state index >= 15 is 0 Å². The highest BCUT2D eigenvalue weighted by Crippen LogP contribution is 2.21. The van der Waals surface area contributed by atoms with Gasteiger partial charge in [0.15, 0.2) is 12.0 Å². The Morgan fingerprint density at radius 3 is 2.06 bits per heavy atom. The van der Waals surface area contributed by atoms with Crippen LogP contribution in [0.2, 0.25) is 0 Å². The SMILES string of the molecule is O=C(COC(=O)c1cc(=O)c2ccccc2o1)NC(c1ccccc1)c1ccccc1. The van der Waals surface area contributed by atoms with Crippen LogP contribution in [0.25, 0.3) is 11.0 Å². The molecule has 0 bridgehead atoms. The molecule has 0 aliphatic rings. The van der Waals surface area contributed by atoms with Crippen molar-refractivity contribution >= 4 is 22.8 Å². The molecule has 3 aromatic carbocycles. The predicted octanol–water partition coefficient (Wildman–Crippen LogP) is 3.86. The summed E-state index contributed by atoms with van der Waals surface area (Å²) in [4.78, 5) is 37.0. The highest BCUT2D eigenvalue weighted by Gasteiger charge is 2.19. The number of nitrogens with one attached hydrogen (secondary N) is 1. The smallest absolute Gasteiger partial charge is 0.374 e. The lowest BCUT2D eigenvalue weighted by molar-refractivity contribution is -0.124. The van der Waals surface area contributed by atoms with Crippen LogP contribution in [0, 0.1) is 0 Å². The van der Waals surface area contributed by atoms with Gasteiger partial charge in [-0.3, -0.25) is 9.59 Å². The Balaban J connectivity index is 1.46. The van der Waals surface area contributed by atoms with E-state index in [0.717, 1.165) is 17.2 Å². The average molecular weight is 413 g/mol. The van der Waals surface area contributed by atoms with Crippen LogP contribution in [0.5, 0.6) is 0 Å². The predicted molar refractivity (Wildman–Crippen MR) is 116 cm³/mol. The third-order valence-corrected chi connectivity index (χ3v) is 4.74. The first kappa shape index (κ1) is 20.1. The number of para-hydroxylation sites is 1. The van der Waals surface area contributed by atoms with Crippen molar-refractivity contribution < 1.29 is 18.7 Å². The lowest BCUT2D eigenvalue weighted by Crippen LogP contribution is -2.33. The fourth-order valence-corrected chi connectivity index (χ4v) is 3.26. The van der Waals surface area contributed by atoms with Crippen LogP contribution in [0.1, 0.15) is 27.7 Å². The van der Waals surface area contributed by atoms with Crippen molar-refractivity contribution in [3.8, 4) is 0 Å². The van der Waals surface area contributed by atoms with Crippen molar-refractivity contribution in [2.75, 3.05) is 6.61 Å². The van der Waals surface area contributed by atoms with E-state index in [1.807, 2.05) is 60.7 Å². The molecule has 0 radical (unpaired) electrons. The van der Waals surface area contributed by atoms with E-state index in [9.17, 15) is 14.4 Å². The lowest BCUT2D eigenvalue weighted by atomic mass is 9.99. The molecule has 1 aromatic heterocycles. The minimum Gasteiger partial charge on any atom is -0.450 e. The van der Waals surface area contributed by atoms with Gasteiger partial charge in [0.2, 0.25) is 5.76 Å². The van der Waals surface area contributed by atoms with Crippen LogP contribution in [-0.4, -0.2) is 18.5 Å². The topological polar surface area (TPSA) is 85.6 Å². The Kier molecular flexibility index (Phi) is 5.89. The summed E-state index contributed by atoms with van der Waals surface area (Å²) in [6.07, 6.45) is 0. The van der Waals surface area contributed by atoms with Gasteiger partial charge in [-0.2, -0.15) is 0 Å². The molecule has 0 unspecified atom stereocenters. The molecule has 4 rings (SSSR count). The second-order valence-corrected chi connectivity index (χ2v) is 6.87. The van der Waals surface area contributed by atoms with E-state index in [0.29, 0.717) is 5.39 Å². The number of carbonyl (C=O) groups is 2. The number of benzene rings is 3. The molecule has 0 fully saturated rings. The summed E-state index contributed by atoms with van der Waals surface area (Å²) >= 11 is 0. The van der Waals surface area contributed by atoms with Crippen molar-refractivity contribution in [1.82, 2.24) is 5.32 Å². The van der Waals surface area contributed by atoms with Crippen molar-refractivity contribution in [2.24, 2.45) is 0 Å². The molecule has 4 aromatic rings. The Hall–Kier alpha value is -4.19. The van der Waals surface area contributed by atoms with Crippen molar-refractivity contribution in [2.45, 2.75) is 6.04 Å². The average Bonchev–Trinajstić information content (AvgIpc) is 2.82. The molecule has 1 N–H and O–H groups in total. The minimum absolute atomic E-state index is 0.251. The largest absolute Gasteiger partial charge is 0.450 e. The second kappa shape index (κ2) is 9.09. The number of rotatable bonds is 6. The molecule has 0 spiro atoms. The molecule has 0 atom stereocenters. The van der Waals surface area contributed by atoms with E-state index < -0.39 is 24.5 Å². The summed E-state index contributed by atoms with van der Waals surface area (Å²) in [6.45, 7) is -0.508. The summed E-state index contributed by atoms with van der Waals surface area (Å²) in [7, 11) is 0. The Morgan fingerprint density at radius 2 is 1.42 bits per heavy atom. The summed E-state index contributed by atoms with van der Waals surface area (Å²) in [5, 5.41) is 3.26. The third kappa shape index (κ3) is 4.70. The van der Waals surface area contributed by atoms with Gasteiger partial charge in [0.25, 0.3) is 5.91 Å². The first-order chi connectivity index (χ1) is 15.1. The van der Waals surface area contributed by atoms with Gasteiger partial charge in [-0.25, -0.2) is 4.79 Å². The number of carbonyl (C=O) groups excluding carboxylic acids is 2. The molecule has 154 valence electrons. The molecular weight excluding hydrogens is 394 g/mol. The van der Waals surface area contributed by atoms with Gasteiger partial charge < -0.3 is 14.5 Å². The van der Waals surface area contributed by atoms with Crippen molar-refractivity contribution in [3.05, 3.63) is 118 Å². The fourth-order valence-electron chi connectivity index (χ4n) is 3.26. The Bertz CT molecular complexity index is 1230. The molecule has 6 heteroatoms. The van der Waals surface area contributed by atoms with E-state index in [-0.39, 0.29) is 16.8 Å². The summed E-state index contributed by atoms with van der Waals surface area (Å²) in [5.41, 5.74) is 1.72. The van der Waals surface area contributed by atoms with Crippen LogP contribution < -0.4 is 10.7 Å². The standard InChI is InChI=1S/C25H19NO5/c27-20-15-22(31-21-14-8-7-13-19(20)21)25(29)30-16-23(28)26-24(17-9-3-1-4-10-17)18-11-5-2-6-12-18/h1-15,24H,16H2,(H,26,28). The molecule has 0 aliphatic heterocycles. The van der Waals surface area contributed by atoms with Gasteiger partial charge in [0.1, 0.15) is 5.58 Å². The number of ether oxygens (including phenoxy) is 1. The van der Waals surface area contributed by atoms with Gasteiger partial charge in [-0.15, -0.1) is 0 Å². The molecule has 1 heterocycles. The van der Waals surface area contributed by atoms with Gasteiger partial charge in [-0.1, -0.05) is 72.8 Å². The number of hydrogen-bond acceptors (Lipinski definition) is 5. The summed E-state index contributed by atoms with van der Waals surface area (Å²) < 4.78 is 10.5. The van der Waals surface area contributed by atoms with Crippen LogP contribution in [0.3, 0.4) is 0 Å². The summed E-state index contributed by atoms with van der Waals surface area (Å²) in [6, 6.07) is 26.3. The zero-order chi connectivity index (χ0) is 21.6. The molecule has 0 saturated carbocycles.